The molecule has 6 nitrogen and oxygen atoms in total. The fraction of sp³-hybridized carbons (Fsp3) is 0.438. The Morgan fingerprint density at radius 2 is 2.17 bits per heavy atom. The van der Waals surface area contributed by atoms with Crippen molar-refractivity contribution in [3.05, 3.63) is 35.5 Å². The fourth-order valence-corrected chi connectivity index (χ4v) is 3.36. The van der Waals surface area contributed by atoms with Crippen LogP contribution in [-0.2, 0) is 6.54 Å². The van der Waals surface area contributed by atoms with Gasteiger partial charge in [-0.3, -0.25) is 4.79 Å². The lowest BCUT2D eigenvalue weighted by molar-refractivity contribution is -0.902. The minimum absolute atomic E-state index is 0.115. The first-order chi connectivity index (χ1) is 11.7. The largest absolute Gasteiger partial charge is 0.494 e. The number of aromatic nitrogens is 2. The maximum atomic E-state index is 13.6. The highest BCUT2D eigenvalue weighted by molar-refractivity contribution is 7.99. The zero-order chi connectivity index (χ0) is 16.9. The van der Waals surface area contributed by atoms with E-state index in [1.54, 1.807) is 6.07 Å². The van der Waals surface area contributed by atoms with E-state index >= 15 is 0 Å². The molecule has 0 bridgehead atoms. The van der Waals surface area contributed by atoms with Gasteiger partial charge in [0.25, 0.3) is 11.1 Å². The number of nitrogens with zero attached hydrogens (tertiary/aromatic N) is 2. The van der Waals surface area contributed by atoms with Crippen molar-refractivity contribution in [3.63, 3.8) is 0 Å². The number of hydrogen-bond acceptors (Lipinski definition) is 6. The molecule has 1 aliphatic heterocycles. The van der Waals surface area contributed by atoms with Crippen molar-refractivity contribution in [3.8, 4) is 5.75 Å². The standard InChI is InChI=1S/C16H18FN3O3S/c1-22-14-5-4-11(8-12(14)17)13(21)10-24-16-19-18-15(23-16)9-20-6-2-3-7-20/h4-5,8H,2-3,6-7,9-10H2,1H3/p+1. The summed E-state index contributed by atoms with van der Waals surface area (Å²) in [6.45, 7) is 2.99. The number of quaternary nitrogens is 1. The van der Waals surface area contributed by atoms with Crippen LogP contribution in [0.4, 0.5) is 4.39 Å². The van der Waals surface area contributed by atoms with Crippen molar-refractivity contribution in [2.24, 2.45) is 0 Å². The highest BCUT2D eigenvalue weighted by Gasteiger charge is 2.19. The van der Waals surface area contributed by atoms with Gasteiger partial charge in [0.2, 0.25) is 0 Å². The third kappa shape index (κ3) is 4.12. The molecule has 1 N–H and O–H groups in total. The Morgan fingerprint density at radius 3 is 2.88 bits per heavy atom. The van der Waals surface area contributed by atoms with Gasteiger partial charge in [-0.25, -0.2) is 4.39 Å². The number of carbonyl (C=O) groups is 1. The van der Waals surface area contributed by atoms with Crippen LogP contribution in [0.15, 0.2) is 27.8 Å². The van der Waals surface area contributed by atoms with Gasteiger partial charge in [-0.2, -0.15) is 0 Å². The Morgan fingerprint density at radius 1 is 1.38 bits per heavy atom. The van der Waals surface area contributed by atoms with Gasteiger partial charge in [0.1, 0.15) is 0 Å². The van der Waals surface area contributed by atoms with E-state index in [2.05, 4.69) is 10.2 Å². The van der Waals surface area contributed by atoms with Crippen LogP contribution in [0.5, 0.6) is 5.75 Å². The fourth-order valence-electron chi connectivity index (χ4n) is 2.68. The van der Waals surface area contributed by atoms with E-state index in [1.165, 1.54) is 48.7 Å². The summed E-state index contributed by atoms with van der Waals surface area (Å²) in [5, 5.41) is 8.34. The van der Waals surface area contributed by atoms with E-state index in [1.807, 2.05) is 0 Å². The van der Waals surface area contributed by atoms with Gasteiger partial charge in [0.15, 0.2) is 23.9 Å². The van der Waals surface area contributed by atoms with Crippen LogP contribution in [0.1, 0.15) is 29.1 Å². The molecule has 0 unspecified atom stereocenters. The van der Waals surface area contributed by atoms with E-state index in [9.17, 15) is 9.18 Å². The van der Waals surface area contributed by atoms with Gasteiger partial charge in [-0.15, -0.1) is 10.2 Å². The van der Waals surface area contributed by atoms with Crippen molar-refractivity contribution in [1.29, 1.82) is 0 Å². The normalized spacial score (nSPS) is 14.9. The van der Waals surface area contributed by atoms with Crippen LogP contribution in [-0.4, -0.2) is 41.9 Å². The SMILES string of the molecule is COc1ccc(C(=O)CSc2nnc(C[NH+]3CCCC3)o2)cc1F. The lowest BCUT2D eigenvalue weighted by atomic mass is 10.1. The van der Waals surface area contributed by atoms with Crippen LogP contribution < -0.4 is 9.64 Å². The number of carbonyl (C=O) groups excluding carboxylic acids is 1. The molecule has 0 saturated carbocycles. The summed E-state index contributed by atoms with van der Waals surface area (Å²) in [5.41, 5.74) is 0.294. The number of likely N-dealkylation sites (tertiary alicyclic amines) is 1. The molecule has 2 aromatic rings. The van der Waals surface area contributed by atoms with E-state index in [0.717, 1.165) is 19.6 Å². The van der Waals surface area contributed by atoms with Gasteiger partial charge in [0, 0.05) is 18.4 Å². The number of hydrogen-bond donors (Lipinski definition) is 1. The zero-order valence-electron chi connectivity index (χ0n) is 13.4. The zero-order valence-corrected chi connectivity index (χ0v) is 14.2. The van der Waals surface area contributed by atoms with Crippen LogP contribution in [0, 0.1) is 5.82 Å². The Kier molecular flexibility index (Phi) is 5.47. The van der Waals surface area contributed by atoms with Gasteiger partial charge < -0.3 is 14.1 Å². The molecular formula is C16H19FN3O3S+. The second-order valence-corrected chi connectivity index (χ2v) is 6.58. The smallest absolute Gasteiger partial charge is 0.277 e. The molecule has 3 rings (SSSR count). The van der Waals surface area contributed by atoms with Gasteiger partial charge in [0.05, 0.1) is 26.0 Å². The number of benzene rings is 1. The predicted molar refractivity (Wildman–Crippen MR) is 85.9 cm³/mol. The van der Waals surface area contributed by atoms with Crippen LogP contribution >= 0.6 is 11.8 Å². The Hall–Kier alpha value is -1.93. The molecule has 1 aliphatic rings. The first kappa shape index (κ1) is 16.9. The summed E-state index contributed by atoms with van der Waals surface area (Å²) in [4.78, 5) is 13.6. The maximum Gasteiger partial charge on any atom is 0.277 e. The molecule has 0 spiro atoms. The highest BCUT2D eigenvalue weighted by Crippen LogP contribution is 2.21. The Balaban J connectivity index is 1.54. The number of ketones is 1. The number of nitrogens with one attached hydrogen (secondary N) is 1. The number of ether oxygens (including phenoxy) is 1. The van der Waals surface area contributed by atoms with E-state index in [0.29, 0.717) is 16.7 Å². The minimum atomic E-state index is -0.554. The molecule has 0 aliphatic carbocycles. The summed E-state index contributed by atoms with van der Waals surface area (Å²) in [5.74, 6) is 0.0697. The lowest BCUT2D eigenvalue weighted by Gasteiger charge is -2.07. The molecule has 1 saturated heterocycles. The van der Waals surface area contributed by atoms with Gasteiger partial charge >= 0.3 is 0 Å². The summed E-state index contributed by atoms with van der Waals surface area (Å²) in [6.07, 6.45) is 2.47. The number of halogens is 1. The van der Waals surface area contributed by atoms with Crippen molar-refractivity contribution in [2.45, 2.75) is 24.6 Å². The molecule has 0 atom stereocenters. The topological polar surface area (TPSA) is 69.7 Å². The van der Waals surface area contributed by atoms with Gasteiger partial charge in [-0.05, 0) is 18.2 Å². The number of thioether (sulfide) groups is 1. The van der Waals surface area contributed by atoms with E-state index in [4.69, 9.17) is 9.15 Å². The molecule has 128 valence electrons. The van der Waals surface area contributed by atoms with Crippen molar-refractivity contribution < 1.29 is 23.2 Å². The minimum Gasteiger partial charge on any atom is -0.494 e. The van der Waals surface area contributed by atoms with Crippen molar-refractivity contribution in [1.82, 2.24) is 10.2 Å². The Bertz CT molecular complexity index is 716. The number of methoxy groups -OCH3 is 1. The third-order valence-corrected chi connectivity index (χ3v) is 4.78. The first-order valence-electron chi connectivity index (χ1n) is 7.81. The molecule has 2 heterocycles. The number of rotatable bonds is 7. The number of Topliss-reactive ketones (excluding diaryl/α,β-unsaturated/α-hetero) is 1. The predicted octanol–water partition coefficient (Wildman–Crippen LogP) is 1.37. The highest BCUT2D eigenvalue weighted by atomic mass is 32.2. The van der Waals surface area contributed by atoms with Gasteiger partial charge in [-0.1, -0.05) is 11.8 Å². The first-order valence-corrected chi connectivity index (χ1v) is 8.80. The van der Waals surface area contributed by atoms with Crippen molar-refractivity contribution >= 4 is 17.5 Å². The van der Waals surface area contributed by atoms with Crippen LogP contribution in [0.2, 0.25) is 0 Å². The Labute approximate surface area is 143 Å². The van der Waals surface area contributed by atoms with Crippen LogP contribution in [0.3, 0.4) is 0 Å². The third-order valence-electron chi connectivity index (χ3n) is 3.96. The average Bonchev–Trinajstić information content (AvgIpc) is 3.25. The summed E-state index contributed by atoms with van der Waals surface area (Å²) in [7, 11) is 1.38. The molecular weight excluding hydrogens is 333 g/mol. The maximum absolute atomic E-state index is 13.6. The summed E-state index contributed by atoms with van der Waals surface area (Å²) < 4.78 is 24.0. The van der Waals surface area contributed by atoms with E-state index in [-0.39, 0.29) is 17.3 Å². The molecule has 0 radical (unpaired) electrons. The molecule has 24 heavy (non-hydrogen) atoms. The van der Waals surface area contributed by atoms with E-state index < -0.39 is 5.82 Å². The molecule has 1 fully saturated rings. The molecule has 1 aromatic heterocycles. The van der Waals surface area contributed by atoms with Crippen molar-refractivity contribution in [2.75, 3.05) is 26.0 Å². The average molecular weight is 352 g/mol. The second-order valence-electron chi connectivity index (χ2n) is 5.66. The summed E-state index contributed by atoms with van der Waals surface area (Å²) in [6, 6.07) is 4.16. The molecule has 0 amide bonds. The van der Waals surface area contributed by atoms with Crippen LogP contribution in [0.25, 0.3) is 0 Å². The second kappa shape index (κ2) is 7.76. The monoisotopic (exact) mass is 352 g/mol. The lowest BCUT2D eigenvalue weighted by Crippen LogP contribution is -3.08. The summed E-state index contributed by atoms with van der Waals surface area (Å²) >= 11 is 1.17. The molecule has 8 heteroatoms. The molecule has 1 aromatic carbocycles. The quantitative estimate of drug-likeness (QED) is 0.600.